The van der Waals surface area contributed by atoms with E-state index in [-0.39, 0.29) is 11.9 Å². The minimum Gasteiger partial charge on any atom is -0.398 e. The van der Waals surface area contributed by atoms with Gasteiger partial charge in [0.2, 0.25) is 0 Å². The van der Waals surface area contributed by atoms with E-state index in [4.69, 9.17) is 10.5 Å². The Labute approximate surface area is 124 Å². The molecule has 0 aliphatic carbocycles. The number of nitrogens with two attached hydrogens (primary N) is 1. The van der Waals surface area contributed by atoms with Crippen LogP contribution in [0.5, 0.6) is 0 Å². The van der Waals surface area contributed by atoms with Crippen LogP contribution in [0.25, 0.3) is 0 Å². The normalized spacial score (nSPS) is 20.5. The summed E-state index contributed by atoms with van der Waals surface area (Å²) in [6.07, 6.45) is 0.190. The Morgan fingerprint density at radius 2 is 2.30 bits per heavy atom. The molecular formula is C15H23FN2OS. The first-order valence-corrected chi connectivity index (χ1v) is 8.05. The van der Waals surface area contributed by atoms with Crippen molar-refractivity contribution in [3.8, 4) is 0 Å². The van der Waals surface area contributed by atoms with Gasteiger partial charge in [0, 0.05) is 36.0 Å². The molecule has 2 rings (SSSR count). The zero-order chi connectivity index (χ0) is 14.5. The summed E-state index contributed by atoms with van der Waals surface area (Å²) in [5.74, 6) is 1.23. The highest BCUT2D eigenvalue weighted by molar-refractivity contribution is 7.99. The number of hydrogen-bond donors (Lipinski definition) is 1. The van der Waals surface area contributed by atoms with Crippen LogP contribution in [0.3, 0.4) is 0 Å². The average Bonchev–Trinajstić information content (AvgIpc) is 2.39. The predicted octanol–water partition coefficient (Wildman–Crippen LogP) is 2.86. The maximum atomic E-state index is 13.2. The standard InChI is InChI=1S/C15H23FN2OS/c1-11(2)8-18-5-6-19-13(9-18)10-20-15-7-12(16)3-4-14(15)17/h3-4,7,11,13H,5-6,8-10,17H2,1-2H3. The third-order valence-corrected chi connectivity index (χ3v) is 4.45. The second-order valence-corrected chi connectivity index (χ2v) is 6.70. The van der Waals surface area contributed by atoms with Crippen molar-refractivity contribution in [1.82, 2.24) is 4.90 Å². The molecule has 1 atom stereocenters. The number of anilines is 1. The van der Waals surface area contributed by atoms with Gasteiger partial charge in [0.25, 0.3) is 0 Å². The number of nitrogen functional groups attached to an aromatic ring is 1. The molecule has 20 heavy (non-hydrogen) atoms. The lowest BCUT2D eigenvalue weighted by Crippen LogP contribution is -2.44. The SMILES string of the molecule is CC(C)CN1CCOC(CSc2cc(F)ccc2N)C1. The molecule has 0 aromatic heterocycles. The number of rotatable bonds is 5. The molecule has 3 nitrogen and oxygen atoms in total. The van der Waals surface area contributed by atoms with Gasteiger partial charge in [-0.25, -0.2) is 4.39 Å². The zero-order valence-electron chi connectivity index (χ0n) is 12.1. The molecule has 0 spiro atoms. The van der Waals surface area contributed by atoms with Crippen LogP contribution in [0, 0.1) is 11.7 Å². The lowest BCUT2D eigenvalue weighted by atomic mass is 10.2. The van der Waals surface area contributed by atoms with E-state index in [2.05, 4.69) is 18.7 Å². The molecule has 1 saturated heterocycles. The van der Waals surface area contributed by atoms with Crippen molar-refractivity contribution in [1.29, 1.82) is 0 Å². The van der Waals surface area contributed by atoms with Crippen LogP contribution in [-0.2, 0) is 4.74 Å². The van der Waals surface area contributed by atoms with Crippen LogP contribution in [0.1, 0.15) is 13.8 Å². The third kappa shape index (κ3) is 4.65. The first-order chi connectivity index (χ1) is 9.54. The molecule has 0 bridgehead atoms. The Hall–Kier alpha value is -0.780. The van der Waals surface area contributed by atoms with Crippen LogP contribution >= 0.6 is 11.8 Å². The predicted molar refractivity (Wildman–Crippen MR) is 82.6 cm³/mol. The summed E-state index contributed by atoms with van der Waals surface area (Å²) in [4.78, 5) is 3.24. The first-order valence-electron chi connectivity index (χ1n) is 7.06. The Balaban J connectivity index is 1.85. The number of halogens is 1. The largest absolute Gasteiger partial charge is 0.398 e. The van der Waals surface area contributed by atoms with Crippen LogP contribution in [0.4, 0.5) is 10.1 Å². The Morgan fingerprint density at radius 1 is 1.50 bits per heavy atom. The monoisotopic (exact) mass is 298 g/mol. The molecule has 5 heteroatoms. The molecule has 1 unspecified atom stereocenters. The topological polar surface area (TPSA) is 38.5 Å². The molecule has 0 radical (unpaired) electrons. The second kappa shape index (κ2) is 7.29. The van der Waals surface area contributed by atoms with E-state index in [9.17, 15) is 4.39 Å². The van der Waals surface area contributed by atoms with Crippen molar-refractivity contribution in [3.63, 3.8) is 0 Å². The molecular weight excluding hydrogens is 275 g/mol. The number of benzene rings is 1. The average molecular weight is 298 g/mol. The van der Waals surface area contributed by atoms with Gasteiger partial charge in [-0.3, -0.25) is 4.90 Å². The Bertz CT molecular complexity index is 442. The highest BCUT2D eigenvalue weighted by atomic mass is 32.2. The van der Waals surface area contributed by atoms with E-state index in [1.54, 1.807) is 17.8 Å². The zero-order valence-corrected chi connectivity index (χ0v) is 13.0. The van der Waals surface area contributed by atoms with Crippen LogP contribution in [-0.4, -0.2) is 43.0 Å². The van der Waals surface area contributed by atoms with Crippen molar-refractivity contribution >= 4 is 17.4 Å². The van der Waals surface area contributed by atoms with Gasteiger partial charge in [0.05, 0.1) is 12.7 Å². The molecule has 1 aliphatic rings. The van der Waals surface area contributed by atoms with Crippen molar-refractivity contribution in [3.05, 3.63) is 24.0 Å². The maximum Gasteiger partial charge on any atom is 0.124 e. The van der Waals surface area contributed by atoms with E-state index >= 15 is 0 Å². The maximum absolute atomic E-state index is 13.2. The van der Waals surface area contributed by atoms with Gasteiger partial charge in [0.1, 0.15) is 5.82 Å². The van der Waals surface area contributed by atoms with E-state index in [0.717, 1.165) is 36.9 Å². The van der Waals surface area contributed by atoms with Crippen molar-refractivity contribution in [2.24, 2.45) is 5.92 Å². The van der Waals surface area contributed by atoms with E-state index < -0.39 is 0 Å². The molecule has 1 aliphatic heterocycles. The van der Waals surface area contributed by atoms with Crippen molar-refractivity contribution in [2.75, 3.05) is 37.7 Å². The van der Waals surface area contributed by atoms with Gasteiger partial charge >= 0.3 is 0 Å². The number of thioether (sulfide) groups is 1. The molecule has 112 valence electrons. The lowest BCUT2D eigenvalue weighted by Gasteiger charge is -2.33. The fraction of sp³-hybridized carbons (Fsp3) is 0.600. The summed E-state index contributed by atoms with van der Waals surface area (Å²) < 4.78 is 19.0. The molecule has 1 aromatic rings. The summed E-state index contributed by atoms with van der Waals surface area (Å²) in [5, 5.41) is 0. The van der Waals surface area contributed by atoms with Crippen LogP contribution in [0.2, 0.25) is 0 Å². The van der Waals surface area contributed by atoms with Crippen LogP contribution < -0.4 is 5.73 Å². The molecule has 1 aromatic carbocycles. The van der Waals surface area contributed by atoms with E-state index in [0.29, 0.717) is 11.6 Å². The summed E-state index contributed by atoms with van der Waals surface area (Å²) in [7, 11) is 0. The number of nitrogens with zero attached hydrogens (tertiary/aromatic N) is 1. The number of morpholine rings is 1. The van der Waals surface area contributed by atoms with Gasteiger partial charge in [-0.1, -0.05) is 13.8 Å². The summed E-state index contributed by atoms with van der Waals surface area (Å²) >= 11 is 1.57. The summed E-state index contributed by atoms with van der Waals surface area (Å²) in [5.41, 5.74) is 6.49. The summed E-state index contributed by atoms with van der Waals surface area (Å²) in [6, 6.07) is 4.50. The van der Waals surface area contributed by atoms with Crippen molar-refractivity contribution < 1.29 is 9.13 Å². The molecule has 1 fully saturated rings. The van der Waals surface area contributed by atoms with Gasteiger partial charge < -0.3 is 10.5 Å². The quantitative estimate of drug-likeness (QED) is 0.670. The van der Waals surface area contributed by atoms with E-state index in [1.807, 2.05) is 0 Å². The fourth-order valence-corrected chi connectivity index (χ4v) is 3.38. The van der Waals surface area contributed by atoms with Crippen LogP contribution in [0.15, 0.2) is 23.1 Å². The summed E-state index contributed by atoms with van der Waals surface area (Å²) in [6.45, 7) is 8.28. The molecule has 2 N–H and O–H groups in total. The third-order valence-electron chi connectivity index (χ3n) is 3.25. The van der Waals surface area contributed by atoms with Crippen molar-refractivity contribution in [2.45, 2.75) is 24.8 Å². The fourth-order valence-electron chi connectivity index (χ4n) is 2.38. The van der Waals surface area contributed by atoms with Gasteiger partial charge in [-0.2, -0.15) is 0 Å². The molecule has 1 heterocycles. The van der Waals surface area contributed by atoms with Gasteiger partial charge in [-0.15, -0.1) is 11.8 Å². The van der Waals surface area contributed by atoms with Gasteiger partial charge in [-0.05, 0) is 24.1 Å². The van der Waals surface area contributed by atoms with Gasteiger partial charge in [0.15, 0.2) is 0 Å². The number of ether oxygens (including phenoxy) is 1. The van der Waals surface area contributed by atoms with E-state index in [1.165, 1.54) is 12.1 Å². The second-order valence-electron chi connectivity index (χ2n) is 5.64. The highest BCUT2D eigenvalue weighted by Gasteiger charge is 2.21. The minimum atomic E-state index is -0.243. The minimum absolute atomic E-state index is 0.190. The molecule has 0 saturated carbocycles. The first kappa shape index (κ1) is 15.6. The lowest BCUT2D eigenvalue weighted by molar-refractivity contribution is -0.0191. The smallest absolute Gasteiger partial charge is 0.124 e. The molecule has 0 amide bonds. The Kier molecular flexibility index (Phi) is 5.69. The number of hydrogen-bond acceptors (Lipinski definition) is 4. The highest BCUT2D eigenvalue weighted by Crippen LogP contribution is 2.27. The Morgan fingerprint density at radius 3 is 3.05 bits per heavy atom.